The number of carbonyl (C=O) groups is 1. The molecule has 0 aromatic rings. The molecule has 0 aliphatic heterocycles. The van der Waals surface area contributed by atoms with E-state index in [0.717, 1.165) is 32.1 Å². The number of hydrogen-bond donors (Lipinski definition) is 1. The minimum atomic E-state index is -1.76. The molecule has 5 nitrogen and oxygen atoms in total. The van der Waals surface area contributed by atoms with Crippen molar-refractivity contribution in [3.63, 3.8) is 0 Å². The third-order valence-electron chi connectivity index (χ3n) is 12.5. The van der Waals surface area contributed by atoms with Gasteiger partial charge in [-0.2, -0.15) is 0 Å². The van der Waals surface area contributed by atoms with Crippen molar-refractivity contribution in [2.24, 2.45) is 10.8 Å². The van der Waals surface area contributed by atoms with Crippen molar-refractivity contribution in [3.05, 3.63) is 0 Å². The maximum Gasteiger partial charge on any atom is 0.192 e. The van der Waals surface area contributed by atoms with Crippen molar-refractivity contribution in [1.82, 2.24) is 4.72 Å². The van der Waals surface area contributed by atoms with Gasteiger partial charge in [0.2, 0.25) is 0 Å². The molecule has 0 unspecified atom stereocenters. The van der Waals surface area contributed by atoms with Crippen molar-refractivity contribution >= 4 is 33.4 Å². The standard InChI is InChI=1S/C20H41NO2SSi.C16H30O2Si/c1-18(2,3)24(22)21-17-14-16(23-25(7,8)19(4,5)6)15-20(17)12-10-9-11-13-20;1-15(2,3)19(4,5)18-13-11-14(17)16(12-13)9-7-6-8-10-16/h16-17,21H,9-15H2,1-8H3;13H,6-12H2,1-5H3/t16-,17+,24+;13-/m00/s1. The largest absolute Gasteiger partial charge is 0.414 e. The molecular weight excluding hydrogens is 599 g/mol. The molecule has 0 aromatic carbocycles. The summed E-state index contributed by atoms with van der Waals surface area (Å²) in [7, 11) is -4.50. The maximum absolute atomic E-state index is 12.8. The minimum absolute atomic E-state index is 0.00524. The van der Waals surface area contributed by atoms with Crippen LogP contribution >= 0.6 is 0 Å². The molecule has 4 rings (SSSR count). The lowest BCUT2D eigenvalue weighted by Crippen LogP contribution is -2.47. The highest BCUT2D eigenvalue weighted by atomic mass is 32.2. The van der Waals surface area contributed by atoms with Gasteiger partial charge >= 0.3 is 0 Å². The van der Waals surface area contributed by atoms with Gasteiger partial charge < -0.3 is 8.85 Å². The average Bonchev–Trinajstić information content (AvgIpc) is 3.32. The van der Waals surface area contributed by atoms with Crippen LogP contribution in [0.2, 0.25) is 36.3 Å². The summed E-state index contributed by atoms with van der Waals surface area (Å²) in [5, 5.41) is 0.477. The molecule has 2 spiro atoms. The topological polar surface area (TPSA) is 64.6 Å². The van der Waals surface area contributed by atoms with Crippen LogP contribution < -0.4 is 4.72 Å². The lowest BCUT2D eigenvalue weighted by molar-refractivity contribution is -0.127. The third-order valence-corrected chi connectivity index (χ3v) is 23.2. The summed E-state index contributed by atoms with van der Waals surface area (Å²) >= 11 is 0. The fourth-order valence-electron chi connectivity index (χ4n) is 7.60. The van der Waals surface area contributed by atoms with Crippen molar-refractivity contribution < 1.29 is 17.9 Å². The maximum atomic E-state index is 12.8. The molecule has 44 heavy (non-hydrogen) atoms. The number of nitrogens with one attached hydrogen (secondary N) is 1. The van der Waals surface area contributed by atoms with Gasteiger partial charge in [-0.15, -0.1) is 0 Å². The minimum Gasteiger partial charge on any atom is -0.414 e. The van der Waals surface area contributed by atoms with Gasteiger partial charge in [0.1, 0.15) is 5.78 Å². The quantitative estimate of drug-likeness (QED) is 0.286. The highest BCUT2D eigenvalue weighted by Crippen LogP contribution is 2.52. The second-order valence-electron chi connectivity index (χ2n) is 19.1. The molecule has 0 aromatic heterocycles. The first-order chi connectivity index (χ1) is 19.9. The van der Waals surface area contributed by atoms with E-state index in [9.17, 15) is 9.00 Å². The zero-order valence-electron chi connectivity index (χ0n) is 31.2. The molecule has 0 heterocycles. The Bertz CT molecular complexity index is 995. The zero-order chi connectivity index (χ0) is 33.4. The van der Waals surface area contributed by atoms with Gasteiger partial charge in [-0.25, -0.2) is 8.93 Å². The van der Waals surface area contributed by atoms with E-state index < -0.39 is 27.6 Å². The molecule has 4 aliphatic rings. The van der Waals surface area contributed by atoms with E-state index in [4.69, 9.17) is 8.85 Å². The number of rotatable bonds is 6. The number of ketones is 1. The second kappa shape index (κ2) is 13.9. The summed E-state index contributed by atoms with van der Waals surface area (Å²) in [6.45, 7) is 29.2. The fraction of sp³-hybridized carbons (Fsp3) is 0.972. The van der Waals surface area contributed by atoms with Gasteiger partial charge in [0.15, 0.2) is 16.6 Å². The summed E-state index contributed by atoms with van der Waals surface area (Å²) < 4.78 is 29.4. The average molecular weight is 670 g/mol. The van der Waals surface area contributed by atoms with Crippen LogP contribution in [0.25, 0.3) is 0 Å². The third kappa shape index (κ3) is 9.18. The van der Waals surface area contributed by atoms with Crippen LogP contribution in [0.3, 0.4) is 0 Å². The van der Waals surface area contributed by atoms with Crippen molar-refractivity contribution in [1.29, 1.82) is 0 Å². The SMILES string of the molecule is CC(C)(C)[S@@](=O)N[C@@H]1C[C@H](O[Si](C)(C)C(C)(C)C)CC12CCCCC2.CC(C)(C)[Si](C)(C)O[C@H]1CC(=O)C2(CCCCC2)C1. The van der Waals surface area contributed by atoms with E-state index in [2.05, 4.69) is 93.2 Å². The summed E-state index contributed by atoms with van der Waals surface area (Å²) in [6.07, 6.45) is 16.9. The summed E-state index contributed by atoms with van der Waals surface area (Å²) in [4.78, 5) is 12.4. The van der Waals surface area contributed by atoms with Gasteiger partial charge in [-0.3, -0.25) is 4.79 Å². The summed E-state index contributed by atoms with van der Waals surface area (Å²) in [5.74, 6) is 0.496. The second-order valence-corrected chi connectivity index (χ2v) is 30.6. The lowest BCUT2D eigenvalue weighted by Gasteiger charge is -2.40. The molecule has 0 amide bonds. The number of Topliss-reactive ketones (excluding diaryl/α,β-unsaturated/α-hetero) is 1. The molecule has 258 valence electrons. The Kier molecular flexibility index (Phi) is 12.2. The van der Waals surface area contributed by atoms with E-state index in [1.807, 2.05) is 0 Å². The van der Waals surface area contributed by atoms with Gasteiger partial charge in [0.25, 0.3) is 0 Å². The van der Waals surface area contributed by atoms with E-state index in [1.165, 1.54) is 51.4 Å². The zero-order valence-corrected chi connectivity index (χ0v) is 34.0. The van der Waals surface area contributed by atoms with Crippen LogP contribution in [0, 0.1) is 10.8 Å². The van der Waals surface area contributed by atoms with Gasteiger partial charge in [0, 0.05) is 24.0 Å². The molecule has 4 aliphatic carbocycles. The van der Waals surface area contributed by atoms with E-state index in [-0.39, 0.29) is 26.3 Å². The lowest BCUT2D eigenvalue weighted by atomic mass is 9.70. The summed E-state index contributed by atoms with van der Waals surface area (Å²) in [5.41, 5.74) is 0.303. The van der Waals surface area contributed by atoms with Crippen molar-refractivity contribution in [3.8, 4) is 0 Å². The molecule has 0 radical (unpaired) electrons. The number of hydrogen-bond acceptors (Lipinski definition) is 4. The molecule has 0 bridgehead atoms. The van der Waals surface area contributed by atoms with E-state index >= 15 is 0 Å². The van der Waals surface area contributed by atoms with Crippen LogP contribution in [0.15, 0.2) is 0 Å². The first-order valence-electron chi connectivity index (χ1n) is 18.0. The molecule has 0 saturated heterocycles. The highest BCUT2D eigenvalue weighted by Gasteiger charge is 2.52. The molecule has 4 atom stereocenters. The molecular formula is C36H71NO4SSi2. The smallest absolute Gasteiger partial charge is 0.192 e. The van der Waals surface area contributed by atoms with Crippen LogP contribution in [0.5, 0.6) is 0 Å². The van der Waals surface area contributed by atoms with E-state index in [1.54, 1.807) is 0 Å². The van der Waals surface area contributed by atoms with Crippen LogP contribution in [0.1, 0.15) is 152 Å². The molecule has 4 fully saturated rings. The summed E-state index contributed by atoms with van der Waals surface area (Å²) in [6, 6.07) is 0.336. The first kappa shape index (κ1) is 38.6. The molecule has 4 saturated carbocycles. The fourth-order valence-corrected chi connectivity index (χ4v) is 11.3. The highest BCUT2D eigenvalue weighted by molar-refractivity contribution is 7.84. The Morgan fingerprint density at radius 3 is 1.61 bits per heavy atom. The van der Waals surface area contributed by atoms with Gasteiger partial charge in [0.05, 0.1) is 21.8 Å². The normalized spacial score (nSPS) is 28.7. The Morgan fingerprint density at radius 2 is 1.16 bits per heavy atom. The number of carbonyl (C=O) groups excluding carboxylic acids is 1. The predicted octanol–water partition coefficient (Wildman–Crippen LogP) is 10.2. The first-order valence-corrected chi connectivity index (χ1v) is 25.0. The van der Waals surface area contributed by atoms with E-state index in [0.29, 0.717) is 29.8 Å². The predicted molar refractivity (Wildman–Crippen MR) is 193 cm³/mol. The van der Waals surface area contributed by atoms with Gasteiger partial charge in [-0.05, 0) is 107 Å². The van der Waals surface area contributed by atoms with Crippen molar-refractivity contribution in [2.75, 3.05) is 0 Å². The van der Waals surface area contributed by atoms with Crippen molar-refractivity contribution in [2.45, 2.75) is 211 Å². The Balaban J connectivity index is 0.000000249. The van der Waals surface area contributed by atoms with Crippen LogP contribution in [0.4, 0.5) is 0 Å². The molecule has 1 N–H and O–H groups in total. The molecule has 8 heteroatoms. The van der Waals surface area contributed by atoms with Crippen LogP contribution in [-0.4, -0.2) is 49.6 Å². The van der Waals surface area contributed by atoms with Crippen LogP contribution in [-0.2, 0) is 24.6 Å². The monoisotopic (exact) mass is 669 g/mol. The Hall–Kier alpha value is 0.134. The Labute approximate surface area is 277 Å². The Morgan fingerprint density at radius 1 is 0.705 bits per heavy atom. The van der Waals surface area contributed by atoms with Gasteiger partial charge in [-0.1, -0.05) is 80.1 Å².